The molecule has 1 N–H and O–H groups in total. The zero-order chi connectivity index (χ0) is 20.5. The maximum atomic E-state index is 11.2. The number of nitrogens with one attached hydrogen (secondary N) is 1. The highest BCUT2D eigenvalue weighted by molar-refractivity contribution is 5.61. The molecule has 5 unspecified atom stereocenters. The van der Waals surface area contributed by atoms with Crippen LogP contribution in [0.15, 0.2) is 40.1 Å². The molecule has 0 saturated heterocycles. The summed E-state index contributed by atoms with van der Waals surface area (Å²) in [6, 6.07) is 0. The first kappa shape index (κ1) is 20.1. The van der Waals surface area contributed by atoms with Gasteiger partial charge >= 0.3 is 0 Å². The highest BCUT2D eigenvalue weighted by atomic mass is 16.3. The Kier molecular flexibility index (Phi) is 4.40. The quantitative estimate of drug-likeness (QED) is 0.422. The molecule has 0 aliphatic heterocycles. The lowest BCUT2D eigenvalue weighted by atomic mass is 9.76. The first-order chi connectivity index (χ1) is 13.0. The van der Waals surface area contributed by atoms with E-state index in [9.17, 15) is 4.91 Å². The van der Waals surface area contributed by atoms with Crippen LogP contribution in [-0.4, -0.2) is 18.1 Å². The van der Waals surface area contributed by atoms with Crippen LogP contribution in [0.5, 0.6) is 0 Å². The van der Waals surface area contributed by atoms with Crippen molar-refractivity contribution in [3.05, 3.63) is 39.9 Å². The molecule has 154 valence electrons. The van der Waals surface area contributed by atoms with Crippen molar-refractivity contribution in [1.82, 2.24) is 5.32 Å². The summed E-state index contributed by atoms with van der Waals surface area (Å²) >= 11 is 0. The molecule has 0 amide bonds. The zero-order valence-corrected chi connectivity index (χ0v) is 18.9. The molecule has 3 heteroatoms. The van der Waals surface area contributed by atoms with Crippen LogP contribution in [0.1, 0.15) is 73.6 Å². The third-order valence-electron chi connectivity index (χ3n) is 8.74. The molecule has 3 nitrogen and oxygen atoms in total. The van der Waals surface area contributed by atoms with Gasteiger partial charge in [-0.2, -0.15) is 4.91 Å². The van der Waals surface area contributed by atoms with Gasteiger partial charge in [0.2, 0.25) is 0 Å². The van der Waals surface area contributed by atoms with E-state index in [-0.39, 0.29) is 5.54 Å². The number of allylic oxidation sites excluding steroid dienone is 5. The molecule has 5 atom stereocenters. The van der Waals surface area contributed by atoms with Gasteiger partial charge in [-0.1, -0.05) is 55.3 Å². The molecule has 4 rings (SSSR count). The molecule has 4 aliphatic carbocycles. The first-order valence-corrected chi connectivity index (χ1v) is 11.2. The van der Waals surface area contributed by atoms with E-state index in [0.717, 1.165) is 19.3 Å². The number of nitrogens with zero attached hydrogens (tertiary/aromatic N) is 1. The lowest BCUT2D eigenvalue weighted by Gasteiger charge is -2.36. The van der Waals surface area contributed by atoms with Crippen molar-refractivity contribution in [1.29, 1.82) is 0 Å². The summed E-state index contributed by atoms with van der Waals surface area (Å²) in [6.07, 6.45) is 13.2. The van der Waals surface area contributed by atoms with Crippen LogP contribution in [0.3, 0.4) is 0 Å². The summed E-state index contributed by atoms with van der Waals surface area (Å²) < 4.78 is 0. The van der Waals surface area contributed by atoms with E-state index in [4.69, 9.17) is 0 Å². The molecule has 1 saturated carbocycles. The van der Waals surface area contributed by atoms with Crippen LogP contribution in [0.25, 0.3) is 0 Å². The van der Waals surface area contributed by atoms with Crippen molar-refractivity contribution < 1.29 is 0 Å². The Hall–Kier alpha value is -1.22. The zero-order valence-electron chi connectivity index (χ0n) is 18.9. The number of hydrogen-bond donors (Lipinski definition) is 1. The van der Waals surface area contributed by atoms with E-state index in [1.165, 1.54) is 18.4 Å². The first-order valence-electron chi connectivity index (χ1n) is 11.2. The summed E-state index contributed by atoms with van der Waals surface area (Å²) in [4.78, 5) is 11.2. The summed E-state index contributed by atoms with van der Waals surface area (Å²) in [5, 5.41) is 7.19. The Morgan fingerprint density at radius 1 is 1.29 bits per heavy atom. The van der Waals surface area contributed by atoms with Gasteiger partial charge in [0.15, 0.2) is 0 Å². The maximum absolute atomic E-state index is 11.2. The second-order valence-corrected chi connectivity index (χ2v) is 11.2. The minimum atomic E-state index is -0.452. The molecule has 1 fully saturated rings. The van der Waals surface area contributed by atoms with Gasteiger partial charge in [-0.3, -0.25) is 0 Å². The maximum Gasteiger partial charge on any atom is 0.0970 e. The normalized spacial score (nSPS) is 40.5. The summed E-state index contributed by atoms with van der Waals surface area (Å²) in [5.41, 5.74) is 4.98. The minimum absolute atomic E-state index is 0.0507. The third kappa shape index (κ3) is 2.80. The van der Waals surface area contributed by atoms with E-state index < -0.39 is 5.54 Å². The lowest BCUT2D eigenvalue weighted by Crippen LogP contribution is -2.46. The topological polar surface area (TPSA) is 41.5 Å². The minimum Gasteiger partial charge on any atom is -0.311 e. The molecule has 0 heterocycles. The molecule has 28 heavy (non-hydrogen) atoms. The largest absolute Gasteiger partial charge is 0.311 e. The van der Waals surface area contributed by atoms with E-state index in [1.54, 1.807) is 11.1 Å². The Balaban J connectivity index is 1.63. The van der Waals surface area contributed by atoms with Gasteiger partial charge in [0.25, 0.3) is 0 Å². The highest BCUT2D eigenvalue weighted by Crippen LogP contribution is 2.71. The van der Waals surface area contributed by atoms with Gasteiger partial charge in [0.1, 0.15) is 0 Å². The third-order valence-corrected chi connectivity index (χ3v) is 8.74. The fraction of sp³-hybridized carbons (Fsp3) is 0.760. The molecular weight excluding hydrogens is 344 g/mol. The van der Waals surface area contributed by atoms with Gasteiger partial charge < -0.3 is 5.32 Å². The fourth-order valence-electron chi connectivity index (χ4n) is 6.92. The summed E-state index contributed by atoms with van der Waals surface area (Å²) in [7, 11) is 2.16. The Labute approximate surface area is 171 Å². The Morgan fingerprint density at radius 2 is 2.00 bits per heavy atom. The monoisotopic (exact) mass is 382 g/mol. The predicted octanol–water partition coefficient (Wildman–Crippen LogP) is 6.17. The number of nitroso groups, excluding NO2 is 1. The second kappa shape index (κ2) is 6.14. The Bertz CT molecular complexity index is 786. The van der Waals surface area contributed by atoms with E-state index in [0.29, 0.717) is 28.6 Å². The van der Waals surface area contributed by atoms with E-state index in [2.05, 4.69) is 63.5 Å². The molecule has 0 aromatic rings. The molecule has 0 aromatic heterocycles. The van der Waals surface area contributed by atoms with Gasteiger partial charge in [0, 0.05) is 11.0 Å². The number of likely N-dealkylation sites (N-methyl/N-ethyl adjacent to an activating group) is 1. The van der Waals surface area contributed by atoms with Crippen molar-refractivity contribution in [3.8, 4) is 0 Å². The molecular formula is C25H38N2O. The van der Waals surface area contributed by atoms with Gasteiger partial charge in [-0.25, -0.2) is 0 Å². The molecule has 0 bridgehead atoms. The average Bonchev–Trinajstić information content (AvgIpc) is 3.49. The SMILES string of the molecule is CCC1=CC(NC)(C2C(CCC(C)(C)N=O)C2(C)C)CC2C=C(C)C3=CC32C1. The molecule has 0 radical (unpaired) electrons. The summed E-state index contributed by atoms with van der Waals surface area (Å²) in [5.74, 6) is 1.88. The van der Waals surface area contributed by atoms with E-state index in [1.807, 2.05) is 13.8 Å². The van der Waals surface area contributed by atoms with Gasteiger partial charge in [-0.05, 0) is 88.7 Å². The molecule has 4 aliphatic rings. The van der Waals surface area contributed by atoms with Crippen LogP contribution in [0.4, 0.5) is 0 Å². The standard InChI is InChI=1S/C25H38N2O/c1-8-17-12-24-15-20(24)16(2)11-18(24)14-25(13-17,26-7)21-19(23(21,5)6)9-10-22(3,4)27-28/h11,13,15,18-19,21,26H,8-10,12,14H2,1-7H3. The van der Waals surface area contributed by atoms with Crippen LogP contribution in [-0.2, 0) is 0 Å². The molecule has 0 aromatic carbocycles. The van der Waals surface area contributed by atoms with Crippen LogP contribution in [0.2, 0.25) is 0 Å². The lowest BCUT2D eigenvalue weighted by molar-refractivity contribution is 0.254. The van der Waals surface area contributed by atoms with Crippen molar-refractivity contribution >= 4 is 0 Å². The second-order valence-electron chi connectivity index (χ2n) is 11.2. The van der Waals surface area contributed by atoms with Crippen molar-refractivity contribution in [2.24, 2.45) is 33.8 Å². The van der Waals surface area contributed by atoms with Gasteiger partial charge in [0.05, 0.1) is 5.54 Å². The van der Waals surface area contributed by atoms with Crippen LogP contribution in [0, 0.1) is 33.5 Å². The number of rotatable bonds is 7. The van der Waals surface area contributed by atoms with Crippen molar-refractivity contribution in [2.45, 2.75) is 84.7 Å². The van der Waals surface area contributed by atoms with Crippen molar-refractivity contribution in [2.75, 3.05) is 7.05 Å². The van der Waals surface area contributed by atoms with Crippen molar-refractivity contribution in [3.63, 3.8) is 0 Å². The highest BCUT2D eigenvalue weighted by Gasteiger charge is 2.67. The summed E-state index contributed by atoms with van der Waals surface area (Å²) in [6.45, 7) is 13.4. The smallest absolute Gasteiger partial charge is 0.0970 e. The average molecular weight is 383 g/mol. The van der Waals surface area contributed by atoms with Crippen LogP contribution >= 0.6 is 0 Å². The van der Waals surface area contributed by atoms with Gasteiger partial charge in [-0.15, -0.1) is 0 Å². The fourth-order valence-corrected chi connectivity index (χ4v) is 6.92. The number of hydrogen-bond acceptors (Lipinski definition) is 3. The molecule has 1 spiro atoms. The predicted molar refractivity (Wildman–Crippen MR) is 117 cm³/mol. The van der Waals surface area contributed by atoms with Crippen LogP contribution < -0.4 is 5.32 Å². The van der Waals surface area contributed by atoms with E-state index >= 15 is 0 Å². The Morgan fingerprint density at radius 3 is 2.57 bits per heavy atom.